The van der Waals surface area contributed by atoms with Crippen molar-refractivity contribution in [2.45, 2.75) is 38.0 Å². The average Bonchev–Trinajstić information content (AvgIpc) is 3.35. The molecule has 7 nitrogen and oxygen atoms in total. The summed E-state index contributed by atoms with van der Waals surface area (Å²) in [6.45, 7) is 0. The molecule has 1 saturated carbocycles. The van der Waals surface area contributed by atoms with Crippen LogP contribution in [0.15, 0.2) is 65.5 Å². The van der Waals surface area contributed by atoms with Gasteiger partial charge in [-0.1, -0.05) is 91.3 Å². The minimum Gasteiger partial charge on any atom is -0.296 e. The zero-order chi connectivity index (χ0) is 23.5. The van der Waals surface area contributed by atoms with Gasteiger partial charge in [0.15, 0.2) is 0 Å². The molecule has 1 N–H and O–H groups in total. The third-order valence-electron chi connectivity index (χ3n) is 6.20. The fourth-order valence-electron chi connectivity index (χ4n) is 4.49. The largest absolute Gasteiger partial charge is 0.296 e. The zero-order valence-corrected chi connectivity index (χ0v) is 19.7. The van der Waals surface area contributed by atoms with Crippen molar-refractivity contribution in [1.29, 1.82) is 0 Å². The van der Waals surface area contributed by atoms with E-state index in [9.17, 15) is 9.59 Å². The molecule has 1 aliphatic carbocycles. The van der Waals surface area contributed by atoms with E-state index in [1.165, 1.54) is 35.3 Å². The van der Waals surface area contributed by atoms with Crippen LogP contribution in [0, 0.1) is 0 Å². The number of carbonyl (C=O) groups excluding carboxylic acids is 1. The van der Waals surface area contributed by atoms with Crippen LogP contribution < -0.4 is 10.9 Å². The first-order chi connectivity index (χ1) is 16.6. The predicted molar refractivity (Wildman–Crippen MR) is 134 cm³/mol. The highest BCUT2D eigenvalue weighted by atomic mass is 32.1. The van der Waals surface area contributed by atoms with Crippen LogP contribution in [0.25, 0.3) is 22.4 Å². The maximum absolute atomic E-state index is 13.5. The Morgan fingerprint density at radius 3 is 2.26 bits per heavy atom. The fourth-order valence-corrected chi connectivity index (χ4v) is 5.39. The molecule has 34 heavy (non-hydrogen) atoms. The summed E-state index contributed by atoms with van der Waals surface area (Å²) in [6, 6.07) is 19.0. The number of nitrogens with zero attached hydrogens (tertiary/aromatic N) is 4. The van der Waals surface area contributed by atoms with Gasteiger partial charge in [0.05, 0.1) is 5.69 Å². The molecule has 0 bridgehead atoms. The topological polar surface area (TPSA) is 89.8 Å². The number of anilines is 1. The van der Waals surface area contributed by atoms with Crippen molar-refractivity contribution in [3.8, 4) is 22.4 Å². The molecule has 0 unspecified atom stereocenters. The molecule has 4 aromatic rings. The SMILES string of the molecule is Cn1nc(-c2ccccc2)c(-c2ccccc2)c(C(=O)Nc2nnc(C3CCCCC3)s2)c1=O. The number of amides is 1. The maximum atomic E-state index is 13.5. The van der Waals surface area contributed by atoms with Crippen molar-refractivity contribution in [3.63, 3.8) is 0 Å². The first kappa shape index (κ1) is 22.2. The molecule has 1 aliphatic rings. The highest BCUT2D eigenvalue weighted by Crippen LogP contribution is 2.36. The van der Waals surface area contributed by atoms with Crippen molar-refractivity contribution in [1.82, 2.24) is 20.0 Å². The highest BCUT2D eigenvalue weighted by molar-refractivity contribution is 7.15. The Labute approximate surface area is 201 Å². The number of rotatable bonds is 5. The van der Waals surface area contributed by atoms with Crippen LogP contribution in [0.2, 0.25) is 0 Å². The molecule has 1 fully saturated rings. The summed E-state index contributed by atoms with van der Waals surface area (Å²) in [5.41, 5.74) is 2.21. The molecule has 2 heterocycles. The lowest BCUT2D eigenvalue weighted by Crippen LogP contribution is -2.31. The first-order valence-electron chi connectivity index (χ1n) is 11.5. The normalized spacial score (nSPS) is 14.1. The van der Waals surface area contributed by atoms with Gasteiger partial charge in [-0.2, -0.15) is 5.10 Å². The van der Waals surface area contributed by atoms with Gasteiger partial charge in [-0.25, -0.2) is 4.68 Å². The van der Waals surface area contributed by atoms with Crippen molar-refractivity contribution in [2.75, 3.05) is 5.32 Å². The number of carbonyl (C=O) groups is 1. The summed E-state index contributed by atoms with van der Waals surface area (Å²) < 4.78 is 1.22. The van der Waals surface area contributed by atoms with Crippen molar-refractivity contribution >= 4 is 22.4 Å². The van der Waals surface area contributed by atoms with Gasteiger partial charge < -0.3 is 0 Å². The van der Waals surface area contributed by atoms with Gasteiger partial charge in [-0.3, -0.25) is 14.9 Å². The second-order valence-electron chi connectivity index (χ2n) is 8.49. The zero-order valence-electron chi connectivity index (χ0n) is 18.9. The average molecular weight is 472 g/mol. The van der Waals surface area contributed by atoms with Crippen molar-refractivity contribution < 1.29 is 4.79 Å². The van der Waals surface area contributed by atoms with E-state index in [-0.39, 0.29) is 5.56 Å². The van der Waals surface area contributed by atoms with E-state index in [4.69, 9.17) is 0 Å². The minimum absolute atomic E-state index is 0.0389. The molecule has 2 aromatic heterocycles. The molecule has 2 aromatic carbocycles. The summed E-state index contributed by atoms with van der Waals surface area (Å²) in [5.74, 6) is -0.111. The summed E-state index contributed by atoms with van der Waals surface area (Å²) in [4.78, 5) is 26.8. The predicted octanol–water partition coefficient (Wildman–Crippen LogP) is 5.27. The third-order valence-corrected chi connectivity index (χ3v) is 7.20. The number of aryl methyl sites for hydroxylation is 1. The Morgan fingerprint density at radius 1 is 0.941 bits per heavy atom. The number of nitrogens with one attached hydrogen (secondary N) is 1. The third kappa shape index (κ3) is 4.41. The Hall–Kier alpha value is -3.65. The quantitative estimate of drug-likeness (QED) is 0.428. The van der Waals surface area contributed by atoms with Gasteiger partial charge in [0, 0.05) is 24.1 Å². The number of hydrogen-bond donors (Lipinski definition) is 1. The van der Waals surface area contributed by atoms with E-state index in [0.29, 0.717) is 22.3 Å². The standard InChI is InChI=1S/C26H25N5O2S/c1-31-25(33)21(23(32)27-26-29-28-24(34-26)19-15-9-4-10-16-19)20(17-11-5-2-6-12-17)22(30-31)18-13-7-3-8-14-18/h2-3,5-8,11-14,19H,4,9-10,15-16H2,1H3,(H,27,29,32). The molecule has 1 amide bonds. The molecule has 0 aliphatic heterocycles. The van der Waals surface area contributed by atoms with Gasteiger partial charge in [0.1, 0.15) is 10.6 Å². The van der Waals surface area contributed by atoms with Crippen molar-refractivity contribution in [2.24, 2.45) is 7.05 Å². The van der Waals surface area contributed by atoms with Crippen molar-refractivity contribution in [3.05, 3.63) is 81.6 Å². The second kappa shape index (κ2) is 9.69. The number of benzene rings is 2. The minimum atomic E-state index is -0.509. The van der Waals surface area contributed by atoms with E-state index in [2.05, 4.69) is 20.6 Å². The lowest BCUT2D eigenvalue weighted by molar-refractivity contribution is 0.102. The lowest BCUT2D eigenvalue weighted by Gasteiger charge is -2.18. The molecular weight excluding hydrogens is 446 g/mol. The lowest BCUT2D eigenvalue weighted by atomic mass is 9.90. The number of hydrogen-bond acceptors (Lipinski definition) is 6. The monoisotopic (exact) mass is 471 g/mol. The Bertz CT molecular complexity index is 1360. The van der Waals surface area contributed by atoms with E-state index in [1.54, 1.807) is 7.05 Å². The molecule has 8 heteroatoms. The van der Waals surface area contributed by atoms with Crippen LogP contribution in [0.3, 0.4) is 0 Å². The smallest absolute Gasteiger partial charge is 0.280 e. The Balaban J connectivity index is 1.58. The molecule has 172 valence electrons. The van der Waals surface area contributed by atoms with E-state index >= 15 is 0 Å². The van der Waals surface area contributed by atoms with Gasteiger partial charge in [0.2, 0.25) is 5.13 Å². The molecule has 0 saturated heterocycles. The molecular formula is C26H25N5O2S. The molecule has 0 spiro atoms. The molecule has 0 radical (unpaired) electrons. The van der Waals surface area contributed by atoms with Crippen LogP contribution in [-0.2, 0) is 7.05 Å². The summed E-state index contributed by atoms with van der Waals surface area (Å²) in [5, 5.41) is 17.3. The maximum Gasteiger partial charge on any atom is 0.280 e. The summed E-state index contributed by atoms with van der Waals surface area (Å²) in [7, 11) is 1.56. The molecule has 0 atom stereocenters. The number of aromatic nitrogens is 4. The van der Waals surface area contributed by atoms with Gasteiger partial charge in [-0.05, 0) is 18.4 Å². The first-order valence-corrected chi connectivity index (χ1v) is 12.3. The van der Waals surface area contributed by atoms with E-state index < -0.39 is 11.5 Å². The van der Waals surface area contributed by atoms with Crippen LogP contribution >= 0.6 is 11.3 Å². The van der Waals surface area contributed by atoms with Gasteiger partial charge in [-0.15, -0.1) is 10.2 Å². The van der Waals surface area contributed by atoms with Crippen LogP contribution in [0.5, 0.6) is 0 Å². The van der Waals surface area contributed by atoms with E-state index in [1.807, 2.05) is 60.7 Å². The van der Waals surface area contributed by atoms with Gasteiger partial charge >= 0.3 is 0 Å². The van der Waals surface area contributed by atoms with E-state index in [0.717, 1.165) is 29.0 Å². The fraction of sp³-hybridized carbons (Fsp3) is 0.269. The Morgan fingerprint density at radius 2 is 1.59 bits per heavy atom. The van der Waals surface area contributed by atoms with Crippen LogP contribution in [0.4, 0.5) is 5.13 Å². The van der Waals surface area contributed by atoms with Gasteiger partial charge in [0.25, 0.3) is 11.5 Å². The highest BCUT2D eigenvalue weighted by Gasteiger charge is 2.26. The second-order valence-corrected chi connectivity index (χ2v) is 9.50. The summed E-state index contributed by atoms with van der Waals surface area (Å²) >= 11 is 1.40. The Kier molecular flexibility index (Phi) is 6.31. The van der Waals surface area contributed by atoms with Crippen LogP contribution in [0.1, 0.15) is 53.4 Å². The van der Waals surface area contributed by atoms with Crippen LogP contribution in [-0.4, -0.2) is 25.9 Å². The molecule has 5 rings (SSSR count). The summed E-state index contributed by atoms with van der Waals surface area (Å²) in [6.07, 6.45) is 5.86.